The SMILES string of the molecule is CCCCc1cc2ccccc2c2[nH]c3ccccc3[n+]12. The topological polar surface area (TPSA) is 19.9 Å². The number of benzene rings is 2. The van der Waals surface area contributed by atoms with E-state index in [2.05, 4.69) is 70.9 Å². The van der Waals surface area contributed by atoms with Gasteiger partial charge in [-0.1, -0.05) is 43.7 Å². The molecule has 2 nitrogen and oxygen atoms in total. The zero-order valence-corrected chi connectivity index (χ0v) is 12.3. The zero-order chi connectivity index (χ0) is 14.2. The maximum atomic E-state index is 3.60. The van der Waals surface area contributed by atoms with Gasteiger partial charge in [-0.3, -0.25) is 0 Å². The van der Waals surface area contributed by atoms with Gasteiger partial charge in [0.15, 0.2) is 11.0 Å². The number of pyridine rings is 1. The third-order valence-electron chi connectivity index (χ3n) is 4.23. The summed E-state index contributed by atoms with van der Waals surface area (Å²) in [7, 11) is 0. The molecule has 0 atom stereocenters. The van der Waals surface area contributed by atoms with E-state index in [9.17, 15) is 0 Å². The standard InChI is InChI=1S/C19H18N2/c1-2-3-9-15-13-14-8-4-5-10-16(14)19-20-17-11-6-7-12-18(17)21(15)19/h4-8,10-13H,2-3,9H2,1H3/p+1. The van der Waals surface area contributed by atoms with Crippen molar-refractivity contribution in [3.05, 3.63) is 60.3 Å². The highest BCUT2D eigenvalue weighted by Gasteiger charge is 2.18. The van der Waals surface area contributed by atoms with Gasteiger partial charge in [0.2, 0.25) is 0 Å². The van der Waals surface area contributed by atoms with Gasteiger partial charge in [-0.15, -0.1) is 0 Å². The molecule has 0 saturated carbocycles. The molecule has 2 heteroatoms. The molecular formula is C19H19N2+. The highest BCUT2D eigenvalue weighted by molar-refractivity contribution is 5.94. The number of H-pyrrole nitrogens is 1. The van der Waals surface area contributed by atoms with E-state index < -0.39 is 0 Å². The number of aromatic nitrogens is 2. The third-order valence-corrected chi connectivity index (χ3v) is 4.23. The van der Waals surface area contributed by atoms with Crippen LogP contribution in [-0.2, 0) is 6.42 Å². The van der Waals surface area contributed by atoms with Crippen LogP contribution < -0.4 is 4.40 Å². The van der Waals surface area contributed by atoms with Crippen molar-refractivity contribution >= 4 is 27.5 Å². The lowest BCUT2D eigenvalue weighted by Gasteiger charge is -2.03. The van der Waals surface area contributed by atoms with Crippen molar-refractivity contribution < 1.29 is 4.40 Å². The molecule has 0 aliphatic heterocycles. The lowest BCUT2D eigenvalue weighted by Crippen LogP contribution is -2.26. The highest BCUT2D eigenvalue weighted by Crippen LogP contribution is 2.21. The van der Waals surface area contributed by atoms with Crippen LogP contribution in [0.2, 0.25) is 0 Å². The van der Waals surface area contributed by atoms with E-state index in [4.69, 9.17) is 0 Å². The molecule has 104 valence electrons. The molecule has 1 N–H and O–H groups in total. The summed E-state index contributed by atoms with van der Waals surface area (Å²) < 4.78 is 2.40. The minimum atomic E-state index is 1.12. The van der Waals surface area contributed by atoms with Crippen LogP contribution >= 0.6 is 0 Å². The summed E-state index contributed by atoms with van der Waals surface area (Å²) in [6.07, 6.45) is 3.56. The summed E-state index contributed by atoms with van der Waals surface area (Å²) in [4.78, 5) is 3.60. The summed E-state index contributed by atoms with van der Waals surface area (Å²) in [5.74, 6) is 0. The number of fused-ring (bicyclic) bond motifs is 5. The van der Waals surface area contributed by atoms with Crippen molar-refractivity contribution in [2.75, 3.05) is 0 Å². The van der Waals surface area contributed by atoms with Gasteiger partial charge in [0.25, 0.3) is 5.65 Å². The number of rotatable bonds is 3. The molecule has 0 radical (unpaired) electrons. The Bertz CT molecular complexity index is 934. The molecule has 4 aromatic rings. The number of aromatic amines is 1. The first kappa shape index (κ1) is 12.4. The smallest absolute Gasteiger partial charge is 0.236 e. The average Bonchev–Trinajstić information content (AvgIpc) is 2.92. The fraction of sp³-hybridized carbons (Fsp3) is 0.211. The van der Waals surface area contributed by atoms with Crippen LogP contribution in [0.3, 0.4) is 0 Å². The average molecular weight is 275 g/mol. The second-order valence-electron chi connectivity index (χ2n) is 5.65. The Hall–Kier alpha value is -2.35. The first-order chi connectivity index (χ1) is 10.4. The van der Waals surface area contributed by atoms with Crippen LogP contribution in [0, 0.1) is 0 Å². The molecule has 2 heterocycles. The lowest BCUT2D eigenvalue weighted by atomic mass is 10.1. The van der Waals surface area contributed by atoms with E-state index in [0.717, 1.165) is 6.42 Å². The van der Waals surface area contributed by atoms with Crippen molar-refractivity contribution in [3.63, 3.8) is 0 Å². The first-order valence-corrected chi connectivity index (χ1v) is 7.71. The van der Waals surface area contributed by atoms with Crippen LogP contribution in [0.5, 0.6) is 0 Å². The van der Waals surface area contributed by atoms with E-state index >= 15 is 0 Å². The number of para-hydroxylation sites is 2. The minimum Gasteiger partial charge on any atom is -0.236 e. The van der Waals surface area contributed by atoms with Gasteiger partial charge in [-0.25, -0.2) is 4.98 Å². The molecule has 0 aliphatic carbocycles. The summed E-state index contributed by atoms with van der Waals surface area (Å²) in [6.45, 7) is 2.25. The van der Waals surface area contributed by atoms with E-state index in [1.165, 1.54) is 46.0 Å². The fourth-order valence-electron chi connectivity index (χ4n) is 3.19. The Balaban J connectivity index is 2.16. The molecule has 21 heavy (non-hydrogen) atoms. The molecule has 0 unspecified atom stereocenters. The van der Waals surface area contributed by atoms with Crippen LogP contribution in [0.15, 0.2) is 54.6 Å². The number of hydrogen-bond donors (Lipinski definition) is 1. The van der Waals surface area contributed by atoms with E-state index in [1.54, 1.807) is 0 Å². The normalized spacial score (nSPS) is 11.7. The monoisotopic (exact) mass is 275 g/mol. The molecule has 0 amide bonds. The number of nitrogens with one attached hydrogen (secondary N) is 1. The summed E-state index contributed by atoms with van der Waals surface area (Å²) in [5.41, 5.74) is 5.07. The zero-order valence-electron chi connectivity index (χ0n) is 12.3. The molecule has 0 fully saturated rings. The molecule has 0 bridgehead atoms. The van der Waals surface area contributed by atoms with Crippen molar-refractivity contribution in [2.24, 2.45) is 0 Å². The Kier molecular flexibility index (Phi) is 2.88. The number of nitrogens with zero attached hydrogens (tertiary/aromatic N) is 1. The number of unbranched alkanes of at least 4 members (excludes halogenated alkanes) is 1. The van der Waals surface area contributed by atoms with Crippen molar-refractivity contribution in [1.29, 1.82) is 0 Å². The van der Waals surface area contributed by atoms with Crippen LogP contribution in [-0.4, -0.2) is 4.98 Å². The van der Waals surface area contributed by atoms with Crippen molar-refractivity contribution in [1.82, 2.24) is 4.98 Å². The van der Waals surface area contributed by atoms with Gasteiger partial charge in [0, 0.05) is 6.42 Å². The van der Waals surface area contributed by atoms with Gasteiger partial charge >= 0.3 is 0 Å². The predicted molar refractivity (Wildman–Crippen MR) is 87.6 cm³/mol. The van der Waals surface area contributed by atoms with Crippen molar-refractivity contribution in [2.45, 2.75) is 26.2 Å². The minimum absolute atomic E-state index is 1.12. The Labute approximate surface area is 124 Å². The van der Waals surface area contributed by atoms with Gasteiger partial charge < -0.3 is 0 Å². The number of aryl methyl sites for hydroxylation is 1. The number of imidazole rings is 1. The Morgan fingerprint density at radius 3 is 2.71 bits per heavy atom. The number of hydrogen-bond acceptors (Lipinski definition) is 0. The molecule has 0 aliphatic rings. The van der Waals surface area contributed by atoms with Gasteiger partial charge in [0.1, 0.15) is 5.69 Å². The maximum absolute atomic E-state index is 3.60. The summed E-state index contributed by atoms with van der Waals surface area (Å²) in [6, 6.07) is 19.5. The summed E-state index contributed by atoms with van der Waals surface area (Å²) >= 11 is 0. The van der Waals surface area contributed by atoms with E-state index in [-0.39, 0.29) is 0 Å². The second kappa shape index (κ2) is 4.88. The molecule has 0 saturated heterocycles. The quantitative estimate of drug-likeness (QED) is 0.535. The molecule has 2 aromatic carbocycles. The van der Waals surface area contributed by atoms with Crippen LogP contribution in [0.4, 0.5) is 0 Å². The van der Waals surface area contributed by atoms with Crippen LogP contribution in [0.1, 0.15) is 25.5 Å². The van der Waals surface area contributed by atoms with Gasteiger partial charge in [-0.2, -0.15) is 4.40 Å². The Morgan fingerprint density at radius 1 is 1.00 bits per heavy atom. The second-order valence-corrected chi connectivity index (χ2v) is 5.65. The van der Waals surface area contributed by atoms with Gasteiger partial charge in [-0.05, 0) is 36.1 Å². The fourth-order valence-corrected chi connectivity index (χ4v) is 3.19. The first-order valence-electron chi connectivity index (χ1n) is 7.71. The lowest BCUT2D eigenvalue weighted by molar-refractivity contribution is -0.490. The largest absolute Gasteiger partial charge is 0.293 e. The van der Waals surface area contributed by atoms with Crippen LogP contribution in [0.25, 0.3) is 27.5 Å². The van der Waals surface area contributed by atoms with Gasteiger partial charge in [0.05, 0.1) is 5.39 Å². The molecular weight excluding hydrogens is 256 g/mol. The predicted octanol–water partition coefficient (Wildman–Crippen LogP) is 4.40. The maximum Gasteiger partial charge on any atom is 0.293 e. The molecule has 4 rings (SSSR count). The highest BCUT2D eigenvalue weighted by atomic mass is 15.0. The molecule has 0 spiro atoms. The molecule has 2 aromatic heterocycles. The van der Waals surface area contributed by atoms with Crippen molar-refractivity contribution in [3.8, 4) is 0 Å². The Morgan fingerprint density at radius 2 is 1.81 bits per heavy atom. The summed E-state index contributed by atoms with van der Waals surface area (Å²) in [5, 5.41) is 2.60. The van der Waals surface area contributed by atoms with E-state index in [0.29, 0.717) is 0 Å². The third kappa shape index (κ3) is 1.90. The van der Waals surface area contributed by atoms with E-state index in [1.807, 2.05) is 0 Å².